The van der Waals surface area contributed by atoms with Gasteiger partial charge in [-0.3, -0.25) is 0 Å². The molecule has 0 unspecified atom stereocenters. The molecule has 2 nitrogen and oxygen atoms in total. The molecule has 6 heteroatoms. The molecule has 0 aliphatic rings. The second kappa shape index (κ2) is 11.7. The summed E-state index contributed by atoms with van der Waals surface area (Å²) in [6.45, 7) is 14.0. The lowest BCUT2D eigenvalue weighted by molar-refractivity contribution is 0.627. The Morgan fingerprint density at radius 2 is 0.611 bits per heavy atom. The van der Waals surface area contributed by atoms with Crippen molar-refractivity contribution in [1.82, 2.24) is 0 Å². The Kier molecular flexibility index (Phi) is 8.87. The molecule has 0 bridgehead atoms. The molecule has 0 saturated heterocycles. The van der Waals surface area contributed by atoms with Crippen LogP contribution in [0.1, 0.15) is 0 Å². The summed E-state index contributed by atoms with van der Waals surface area (Å²) in [5.74, 6) is -0.427. The Morgan fingerprint density at radius 1 is 0.389 bits per heavy atom. The number of nitrogens with one attached hydrogen (secondary N) is 2. The average Bonchev–Trinajstić information content (AvgIpc) is 2.82. The van der Waals surface area contributed by atoms with E-state index in [1.807, 2.05) is 0 Å². The van der Waals surface area contributed by atoms with Crippen LogP contribution in [0.5, 0.6) is 0 Å². The van der Waals surface area contributed by atoms with Gasteiger partial charge in [0, 0.05) is 22.7 Å². The van der Waals surface area contributed by atoms with E-state index in [0.29, 0.717) is 0 Å². The molecule has 0 aromatic heterocycles. The Hall–Kier alpha value is -3.23. The van der Waals surface area contributed by atoms with Crippen molar-refractivity contribution in [2.24, 2.45) is 0 Å². The first-order valence-corrected chi connectivity index (χ1v) is 19.2. The number of benzene rings is 4. The second-order valence-electron chi connectivity index (χ2n) is 10.9. The summed E-state index contributed by atoms with van der Waals surface area (Å²) in [4.78, 5) is 0. The molecule has 4 aromatic rings. The van der Waals surface area contributed by atoms with Crippen molar-refractivity contribution in [1.29, 1.82) is 0 Å². The molecule has 36 heavy (non-hydrogen) atoms. The highest BCUT2D eigenvalue weighted by Gasteiger charge is 2.16. The van der Waals surface area contributed by atoms with E-state index in [-0.39, 0.29) is 11.6 Å². The van der Waals surface area contributed by atoms with Crippen LogP contribution < -0.4 is 21.0 Å². The smallest absolute Gasteiger partial charge is 0.123 e. The largest absolute Gasteiger partial charge is 0.356 e. The van der Waals surface area contributed by atoms with Crippen LogP contribution in [-0.4, -0.2) is 16.1 Å². The van der Waals surface area contributed by atoms with Gasteiger partial charge in [-0.05, 0) is 72.8 Å². The number of halogens is 2. The first kappa shape index (κ1) is 27.4. The van der Waals surface area contributed by atoms with Crippen molar-refractivity contribution in [2.45, 2.75) is 39.3 Å². The van der Waals surface area contributed by atoms with E-state index in [1.165, 1.54) is 34.6 Å². The molecule has 0 spiro atoms. The monoisotopic (exact) mass is 518 g/mol. The van der Waals surface area contributed by atoms with Crippen LogP contribution in [0.15, 0.2) is 97.1 Å². The molecule has 0 heterocycles. The summed E-state index contributed by atoms with van der Waals surface area (Å²) in [5, 5.41) is 9.39. The minimum absolute atomic E-state index is 0.213. The molecular formula is C30H36F2N2Si2. The second-order valence-corrected chi connectivity index (χ2v) is 21.1. The fourth-order valence-electron chi connectivity index (χ4n) is 3.51. The Labute approximate surface area is 216 Å². The van der Waals surface area contributed by atoms with Crippen LogP contribution in [0.3, 0.4) is 0 Å². The predicted molar refractivity (Wildman–Crippen MR) is 158 cm³/mol. The SMILES string of the molecule is C[Si](C)(C)c1ccc(Nc2ccc(F)cc2)cc1.C[Si](C)(C)c1ccc(Nc2ccc(F)cc2)cc1. The van der Waals surface area contributed by atoms with Crippen molar-refractivity contribution in [3.63, 3.8) is 0 Å². The van der Waals surface area contributed by atoms with E-state index >= 15 is 0 Å². The molecule has 0 saturated carbocycles. The molecule has 188 valence electrons. The van der Waals surface area contributed by atoms with Gasteiger partial charge in [0.2, 0.25) is 0 Å². The van der Waals surface area contributed by atoms with Gasteiger partial charge in [-0.2, -0.15) is 0 Å². The van der Waals surface area contributed by atoms with Crippen LogP contribution in [0.25, 0.3) is 0 Å². The minimum Gasteiger partial charge on any atom is -0.356 e. The lowest BCUT2D eigenvalue weighted by Crippen LogP contribution is -2.37. The van der Waals surface area contributed by atoms with Crippen molar-refractivity contribution in [2.75, 3.05) is 10.6 Å². The highest BCUT2D eigenvalue weighted by atomic mass is 28.3. The van der Waals surface area contributed by atoms with Gasteiger partial charge in [0.25, 0.3) is 0 Å². The van der Waals surface area contributed by atoms with Gasteiger partial charge in [0.15, 0.2) is 0 Å². The van der Waals surface area contributed by atoms with E-state index in [0.717, 1.165) is 22.7 Å². The Morgan fingerprint density at radius 3 is 0.833 bits per heavy atom. The van der Waals surface area contributed by atoms with E-state index < -0.39 is 16.1 Å². The summed E-state index contributed by atoms with van der Waals surface area (Å²) >= 11 is 0. The highest BCUT2D eigenvalue weighted by molar-refractivity contribution is 6.89. The van der Waals surface area contributed by atoms with Crippen LogP contribution >= 0.6 is 0 Å². The Balaban J connectivity index is 0.000000201. The zero-order valence-electron chi connectivity index (χ0n) is 22.0. The number of hydrogen-bond acceptors (Lipinski definition) is 2. The standard InChI is InChI=1S/2C15H18FNSi/c2*1-18(2,3)15-10-8-14(9-11-15)17-13-6-4-12(16)5-7-13/h2*4-11,17H,1-3H3. The molecule has 0 aliphatic carbocycles. The van der Waals surface area contributed by atoms with Crippen LogP contribution in [-0.2, 0) is 0 Å². The van der Waals surface area contributed by atoms with Crippen LogP contribution in [0.2, 0.25) is 39.3 Å². The molecule has 0 fully saturated rings. The topological polar surface area (TPSA) is 24.1 Å². The maximum atomic E-state index is 12.8. The molecule has 0 atom stereocenters. The van der Waals surface area contributed by atoms with Gasteiger partial charge in [0.1, 0.15) is 11.6 Å². The summed E-state index contributed by atoms with van der Waals surface area (Å²) in [6.07, 6.45) is 0. The zero-order valence-corrected chi connectivity index (χ0v) is 24.0. The zero-order chi connectivity index (χ0) is 26.3. The fourth-order valence-corrected chi connectivity index (χ4v) is 5.84. The molecule has 2 N–H and O–H groups in total. The third-order valence-corrected chi connectivity index (χ3v) is 9.90. The third-order valence-electron chi connectivity index (χ3n) is 5.77. The maximum absolute atomic E-state index is 12.8. The van der Waals surface area contributed by atoms with Gasteiger partial charge in [-0.1, -0.05) is 73.9 Å². The average molecular weight is 519 g/mol. The van der Waals surface area contributed by atoms with Crippen molar-refractivity contribution in [3.05, 3.63) is 109 Å². The van der Waals surface area contributed by atoms with Gasteiger partial charge in [-0.25, -0.2) is 8.78 Å². The highest BCUT2D eigenvalue weighted by Crippen LogP contribution is 2.18. The van der Waals surface area contributed by atoms with Crippen molar-refractivity contribution in [3.8, 4) is 0 Å². The minimum atomic E-state index is -1.23. The predicted octanol–water partition coefficient (Wildman–Crippen LogP) is 8.23. The maximum Gasteiger partial charge on any atom is 0.123 e. The lowest BCUT2D eigenvalue weighted by Gasteiger charge is -2.17. The molecule has 0 radical (unpaired) electrons. The molecule has 0 aliphatic heterocycles. The summed E-state index contributed by atoms with van der Waals surface area (Å²) in [7, 11) is -2.47. The van der Waals surface area contributed by atoms with E-state index in [2.05, 4.69) is 98.4 Å². The number of rotatable bonds is 6. The summed E-state index contributed by atoms with van der Waals surface area (Å²) < 4.78 is 25.6. The summed E-state index contributed by atoms with van der Waals surface area (Å²) in [5.41, 5.74) is 3.86. The Bertz CT molecular complexity index is 1120. The molecular weight excluding hydrogens is 483 g/mol. The van der Waals surface area contributed by atoms with E-state index in [9.17, 15) is 8.78 Å². The van der Waals surface area contributed by atoms with E-state index in [4.69, 9.17) is 0 Å². The quantitative estimate of drug-likeness (QED) is 0.251. The van der Waals surface area contributed by atoms with E-state index in [1.54, 1.807) is 24.3 Å². The molecule has 4 rings (SSSR count). The number of hydrogen-bond donors (Lipinski definition) is 2. The first-order chi connectivity index (χ1) is 16.9. The van der Waals surface area contributed by atoms with Gasteiger partial charge >= 0.3 is 0 Å². The van der Waals surface area contributed by atoms with Crippen LogP contribution in [0.4, 0.5) is 31.5 Å². The third kappa shape index (κ3) is 8.46. The number of anilines is 4. The van der Waals surface area contributed by atoms with Gasteiger partial charge in [0.05, 0.1) is 16.1 Å². The summed E-state index contributed by atoms with van der Waals surface area (Å²) in [6, 6.07) is 29.8. The van der Waals surface area contributed by atoms with Gasteiger partial charge < -0.3 is 10.6 Å². The fraction of sp³-hybridized carbons (Fsp3) is 0.200. The molecule has 4 aromatic carbocycles. The van der Waals surface area contributed by atoms with Crippen molar-refractivity contribution >= 4 is 49.3 Å². The normalized spacial score (nSPS) is 11.3. The van der Waals surface area contributed by atoms with Crippen LogP contribution in [0, 0.1) is 11.6 Å². The molecule has 0 amide bonds. The van der Waals surface area contributed by atoms with Crippen molar-refractivity contribution < 1.29 is 8.78 Å². The van der Waals surface area contributed by atoms with Gasteiger partial charge in [-0.15, -0.1) is 0 Å². The lowest BCUT2D eigenvalue weighted by atomic mass is 10.2. The first-order valence-electron chi connectivity index (χ1n) is 12.2.